The van der Waals surface area contributed by atoms with Gasteiger partial charge in [0.2, 0.25) is 0 Å². The fourth-order valence-electron chi connectivity index (χ4n) is 2.81. The Kier molecular flexibility index (Phi) is 7.03. The smallest absolute Gasteiger partial charge is 0.434 e. The van der Waals surface area contributed by atoms with Gasteiger partial charge in [0, 0.05) is 6.42 Å². The van der Waals surface area contributed by atoms with E-state index >= 15 is 0 Å². The van der Waals surface area contributed by atoms with Crippen molar-refractivity contribution in [1.29, 1.82) is 0 Å². The molecule has 1 aromatic carbocycles. The minimum absolute atomic E-state index is 0.0376. The van der Waals surface area contributed by atoms with Crippen molar-refractivity contribution in [1.82, 2.24) is 4.98 Å². The average molecular weight is 399 g/mol. The predicted octanol–water partition coefficient (Wildman–Crippen LogP) is 6.16. The van der Waals surface area contributed by atoms with Gasteiger partial charge in [-0.15, -0.1) is 11.3 Å². The maximum Gasteiger partial charge on any atom is 0.434 e. The number of carbonyl (C=O) groups is 1. The molecule has 3 nitrogen and oxygen atoms in total. The molecule has 0 aliphatic heterocycles. The van der Waals surface area contributed by atoms with Crippen LogP contribution >= 0.6 is 11.3 Å². The van der Waals surface area contributed by atoms with Crippen molar-refractivity contribution in [2.45, 2.75) is 65.7 Å². The predicted molar refractivity (Wildman–Crippen MR) is 101 cm³/mol. The average Bonchev–Trinajstić information content (AvgIpc) is 2.99. The molecule has 27 heavy (non-hydrogen) atoms. The number of carbonyl (C=O) groups excluding carboxylic acids is 1. The van der Waals surface area contributed by atoms with E-state index in [1.54, 1.807) is 12.1 Å². The molecule has 1 atom stereocenters. The van der Waals surface area contributed by atoms with Crippen LogP contribution < -0.4 is 4.74 Å². The van der Waals surface area contributed by atoms with Crippen LogP contribution in [0.25, 0.3) is 0 Å². The van der Waals surface area contributed by atoms with Crippen LogP contribution in [0.5, 0.6) is 5.75 Å². The number of aryl methyl sites for hydroxylation is 1. The lowest BCUT2D eigenvalue weighted by Crippen LogP contribution is -2.15. The van der Waals surface area contributed by atoms with Crippen molar-refractivity contribution in [3.05, 3.63) is 44.9 Å². The zero-order valence-electron chi connectivity index (χ0n) is 15.9. The van der Waals surface area contributed by atoms with Gasteiger partial charge in [-0.05, 0) is 44.4 Å². The van der Waals surface area contributed by atoms with E-state index < -0.39 is 17.7 Å². The molecular weight excluding hydrogens is 375 g/mol. The summed E-state index contributed by atoms with van der Waals surface area (Å²) < 4.78 is 45.3. The number of unbranched alkanes of at least 4 members (excludes halogenated alkanes) is 1. The van der Waals surface area contributed by atoms with Gasteiger partial charge >= 0.3 is 6.18 Å². The number of alkyl halides is 3. The molecule has 0 saturated heterocycles. The van der Waals surface area contributed by atoms with Gasteiger partial charge in [0.15, 0.2) is 11.5 Å². The van der Waals surface area contributed by atoms with Crippen LogP contribution in [-0.2, 0) is 12.6 Å². The summed E-state index contributed by atoms with van der Waals surface area (Å²) in [5.41, 5.74) is 0.358. The molecule has 0 bridgehead atoms. The number of nitrogens with zero attached hydrogens (tertiary/aromatic N) is 1. The highest BCUT2D eigenvalue weighted by Gasteiger charge is 2.39. The van der Waals surface area contributed by atoms with Gasteiger partial charge in [-0.1, -0.05) is 31.9 Å². The number of aromatic nitrogens is 1. The Balaban J connectivity index is 2.21. The molecule has 0 N–H and O–H groups in total. The summed E-state index contributed by atoms with van der Waals surface area (Å²) in [5.74, 6) is 0.0904. The largest absolute Gasteiger partial charge is 0.490 e. The van der Waals surface area contributed by atoms with E-state index in [-0.39, 0.29) is 22.4 Å². The number of Topliss-reactive ketones (excluding diaryl/α,β-unsaturated/α-hetero) is 1. The monoisotopic (exact) mass is 399 g/mol. The first kappa shape index (κ1) is 21.4. The zero-order chi connectivity index (χ0) is 20.2. The zero-order valence-corrected chi connectivity index (χ0v) is 16.8. The quantitative estimate of drug-likeness (QED) is 0.499. The Morgan fingerprint density at radius 3 is 2.63 bits per heavy atom. The number of hydrogen-bond acceptors (Lipinski definition) is 4. The minimum atomic E-state index is -4.63. The fraction of sp³-hybridized carbons (Fsp3) is 0.500. The van der Waals surface area contributed by atoms with Crippen LogP contribution in [-0.4, -0.2) is 16.9 Å². The number of rotatable bonds is 8. The molecule has 7 heteroatoms. The number of hydrogen-bond donors (Lipinski definition) is 0. The van der Waals surface area contributed by atoms with E-state index in [2.05, 4.69) is 11.9 Å². The number of thiazole rings is 1. The Bertz CT molecular complexity index is 799. The highest BCUT2D eigenvalue weighted by Crippen LogP contribution is 2.35. The van der Waals surface area contributed by atoms with Crippen LogP contribution in [0.4, 0.5) is 13.2 Å². The van der Waals surface area contributed by atoms with Gasteiger partial charge in [0.05, 0.1) is 11.1 Å². The first-order valence-electron chi connectivity index (χ1n) is 8.96. The molecule has 0 spiro atoms. The number of ether oxygens (including phenoxy) is 1. The highest BCUT2D eigenvalue weighted by molar-refractivity contribution is 7.13. The van der Waals surface area contributed by atoms with E-state index in [0.717, 1.165) is 36.2 Å². The summed E-state index contributed by atoms with van der Waals surface area (Å²) in [7, 11) is 0. The van der Waals surface area contributed by atoms with Crippen molar-refractivity contribution >= 4 is 17.1 Å². The molecule has 148 valence electrons. The van der Waals surface area contributed by atoms with E-state index in [0.29, 0.717) is 11.3 Å². The summed E-state index contributed by atoms with van der Waals surface area (Å²) in [4.78, 5) is 15.7. The summed E-state index contributed by atoms with van der Waals surface area (Å²) in [6.45, 7) is 7.39. The normalized spacial score (nSPS) is 12.9. The molecule has 0 amide bonds. The topological polar surface area (TPSA) is 39.2 Å². The molecule has 1 heterocycles. The number of ketones is 1. The molecule has 2 rings (SSSR count). The highest BCUT2D eigenvalue weighted by atomic mass is 32.1. The standard InChI is InChI=1S/C20H24F3NO2S/c1-5-6-8-12(2)26-17-10-7-9-15(13(17)3)11-16(25)18-19(20(21,22)23)24-14(4)27-18/h7,9-10,12H,5-6,8,11H2,1-4H3. The van der Waals surface area contributed by atoms with Crippen LogP contribution in [0.3, 0.4) is 0 Å². The minimum Gasteiger partial charge on any atom is -0.490 e. The third kappa shape index (κ3) is 5.54. The van der Waals surface area contributed by atoms with Crippen molar-refractivity contribution < 1.29 is 22.7 Å². The van der Waals surface area contributed by atoms with Crippen molar-refractivity contribution in [3.8, 4) is 5.75 Å². The van der Waals surface area contributed by atoms with Gasteiger partial charge in [-0.2, -0.15) is 13.2 Å². The maximum absolute atomic E-state index is 13.1. The Hall–Kier alpha value is -1.89. The molecule has 0 saturated carbocycles. The molecule has 0 radical (unpaired) electrons. The summed E-state index contributed by atoms with van der Waals surface area (Å²) in [6.07, 6.45) is -1.65. The fourth-order valence-corrected chi connectivity index (χ4v) is 3.68. The van der Waals surface area contributed by atoms with E-state index in [9.17, 15) is 18.0 Å². The van der Waals surface area contributed by atoms with Gasteiger partial charge in [-0.3, -0.25) is 4.79 Å². The van der Waals surface area contributed by atoms with E-state index in [1.165, 1.54) is 6.92 Å². The third-order valence-corrected chi connectivity index (χ3v) is 5.31. The molecule has 1 unspecified atom stereocenters. The number of halogens is 3. The molecule has 0 aliphatic carbocycles. The molecule has 0 aliphatic rings. The molecular formula is C20H24F3NO2S. The lowest BCUT2D eigenvalue weighted by molar-refractivity contribution is -0.141. The van der Waals surface area contributed by atoms with Gasteiger partial charge < -0.3 is 4.74 Å². The van der Waals surface area contributed by atoms with Crippen LogP contribution in [0.2, 0.25) is 0 Å². The first-order chi connectivity index (χ1) is 12.6. The van der Waals surface area contributed by atoms with Gasteiger partial charge in [0.1, 0.15) is 10.6 Å². The van der Waals surface area contributed by atoms with Crippen LogP contribution in [0.1, 0.15) is 64.6 Å². The SMILES string of the molecule is CCCCC(C)Oc1cccc(CC(=O)c2sc(C)nc2C(F)(F)F)c1C. The van der Waals surface area contributed by atoms with Crippen LogP contribution in [0, 0.1) is 13.8 Å². The van der Waals surface area contributed by atoms with Crippen LogP contribution in [0.15, 0.2) is 18.2 Å². The van der Waals surface area contributed by atoms with E-state index in [4.69, 9.17) is 4.74 Å². The summed E-state index contributed by atoms with van der Waals surface area (Å²) in [5, 5.41) is 0.226. The van der Waals surface area contributed by atoms with E-state index in [1.807, 2.05) is 19.9 Å². The third-order valence-electron chi connectivity index (χ3n) is 4.30. The lowest BCUT2D eigenvalue weighted by atomic mass is 10.0. The summed E-state index contributed by atoms with van der Waals surface area (Å²) >= 11 is 0.786. The van der Waals surface area contributed by atoms with Crippen molar-refractivity contribution in [2.24, 2.45) is 0 Å². The van der Waals surface area contributed by atoms with Gasteiger partial charge in [-0.25, -0.2) is 4.98 Å². The second-order valence-electron chi connectivity index (χ2n) is 6.62. The summed E-state index contributed by atoms with van der Waals surface area (Å²) in [6, 6.07) is 5.34. The Labute approximate surface area is 161 Å². The first-order valence-corrected chi connectivity index (χ1v) is 9.78. The second-order valence-corrected chi connectivity index (χ2v) is 7.82. The number of benzene rings is 1. The van der Waals surface area contributed by atoms with Crippen molar-refractivity contribution in [2.75, 3.05) is 0 Å². The maximum atomic E-state index is 13.1. The molecule has 0 fully saturated rings. The van der Waals surface area contributed by atoms with Crippen molar-refractivity contribution in [3.63, 3.8) is 0 Å². The molecule has 2 aromatic rings. The Morgan fingerprint density at radius 2 is 2.00 bits per heavy atom. The second kappa shape index (κ2) is 8.87. The lowest BCUT2D eigenvalue weighted by Gasteiger charge is -2.18. The van der Waals surface area contributed by atoms with Gasteiger partial charge in [0.25, 0.3) is 0 Å². The Morgan fingerprint density at radius 1 is 1.30 bits per heavy atom. The molecule has 1 aromatic heterocycles.